The monoisotopic (exact) mass is 344 g/mol. The van der Waals surface area contributed by atoms with Crippen molar-refractivity contribution in [1.82, 2.24) is 0 Å². The molecule has 0 aliphatic carbocycles. The number of carbonyl (C=O) groups excluding carboxylic acids is 4. The highest BCUT2D eigenvalue weighted by Gasteiger charge is 1.90. The Morgan fingerprint density at radius 3 is 1.25 bits per heavy atom. The van der Waals surface area contributed by atoms with E-state index in [9.17, 15) is 19.2 Å². The summed E-state index contributed by atoms with van der Waals surface area (Å²) in [5.74, 6) is 0. The van der Waals surface area contributed by atoms with Crippen molar-refractivity contribution in [1.29, 1.82) is 0 Å². The fourth-order valence-corrected chi connectivity index (χ4v) is 1.20. The molecule has 0 atom stereocenters. The molecule has 8 nitrogen and oxygen atoms in total. The zero-order chi connectivity index (χ0) is 18.5. The molecule has 0 aliphatic heterocycles. The molecule has 0 aromatic rings. The summed E-state index contributed by atoms with van der Waals surface area (Å²) in [5, 5.41) is 0. The number of rotatable bonds is 14. The molecule has 136 valence electrons. The van der Waals surface area contributed by atoms with E-state index >= 15 is 0 Å². The van der Waals surface area contributed by atoms with Crippen LogP contribution in [0.2, 0.25) is 0 Å². The van der Waals surface area contributed by atoms with E-state index in [1.807, 2.05) is 13.8 Å². The van der Waals surface area contributed by atoms with Crippen LogP contribution in [0, 0.1) is 0 Å². The predicted octanol–water partition coefficient (Wildman–Crippen LogP) is 1.34. The molecule has 0 rings (SSSR count). The van der Waals surface area contributed by atoms with Gasteiger partial charge in [-0.15, -0.1) is 0 Å². The molecular weight excluding hydrogens is 320 g/mol. The van der Waals surface area contributed by atoms with Gasteiger partial charge in [-0.25, -0.2) is 0 Å². The Hall–Kier alpha value is -2.64. The van der Waals surface area contributed by atoms with Crippen LogP contribution in [0.15, 0.2) is 23.3 Å². The van der Waals surface area contributed by atoms with Gasteiger partial charge in [-0.05, 0) is 26.0 Å². The van der Waals surface area contributed by atoms with Crippen LogP contribution in [-0.2, 0) is 38.1 Å². The van der Waals surface area contributed by atoms with Gasteiger partial charge >= 0.3 is 0 Å². The molecule has 0 spiro atoms. The average Bonchev–Trinajstić information content (AvgIpc) is 2.56. The molecule has 0 aromatic heterocycles. The fraction of sp³-hybridized carbons (Fsp3) is 0.500. The van der Waals surface area contributed by atoms with E-state index in [-0.39, 0.29) is 13.2 Å². The molecule has 24 heavy (non-hydrogen) atoms. The largest absolute Gasteiger partial charge is 0.468 e. The first-order chi connectivity index (χ1) is 11.6. The van der Waals surface area contributed by atoms with Gasteiger partial charge in [-0.3, -0.25) is 19.2 Å². The Morgan fingerprint density at radius 1 is 0.625 bits per heavy atom. The second-order valence-corrected chi connectivity index (χ2v) is 4.39. The standard InChI is InChI=1S/2C8H12O4/c2*1-8(2-4-11-6-9)3-5-12-7-10/h2*2,6-7H,3-5H2,1H3/b8-2+;8-2-. The van der Waals surface area contributed by atoms with Crippen LogP contribution in [-0.4, -0.2) is 52.3 Å². The molecule has 0 saturated heterocycles. The normalized spacial score (nSPS) is 10.6. The van der Waals surface area contributed by atoms with Crippen LogP contribution < -0.4 is 0 Å². The predicted molar refractivity (Wildman–Crippen MR) is 84.8 cm³/mol. The first kappa shape index (κ1) is 23.6. The summed E-state index contributed by atoms with van der Waals surface area (Å²) >= 11 is 0. The van der Waals surface area contributed by atoms with Crippen molar-refractivity contribution in [3.63, 3.8) is 0 Å². The van der Waals surface area contributed by atoms with E-state index in [0.717, 1.165) is 11.1 Å². The van der Waals surface area contributed by atoms with Gasteiger partial charge in [-0.2, -0.15) is 0 Å². The molecule has 0 N–H and O–H groups in total. The third-order valence-electron chi connectivity index (χ3n) is 2.56. The Labute approximate surface area is 141 Å². The molecule has 0 aliphatic rings. The van der Waals surface area contributed by atoms with E-state index in [0.29, 0.717) is 51.9 Å². The Kier molecular flexibility index (Phi) is 20.0. The topological polar surface area (TPSA) is 105 Å². The second kappa shape index (κ2) is 20.4. The molecule has 0 radical (unpaired) electrons. The van der Waals surface area contributed by atoms with E-state index in [2.05, 4.69) is 18.9 Å². The zero-order valence-electron chi connectivity index (χ0n) is 14.0. The van der Waals surface area contributed by atoms with Crippen molar-refractivity contribution in [3.8, 4) is 0 Å². The van der Waals surface area contributed by atoms with E-state index in [1.165, 1.54) is 0 Å². The maximum Gasteiger partial charge on any atom is 0.293 e. The number of ether oxygens (including phenoxy) is 4. The van der Waals surface area contributed by atoms with Crippen LogP contribution in [0.5, 0.6) is 0 Å². The summed E-state index contributed by atoms with van der Waals surface area (Å²) in [6.07, 6.45) is 4.87. The zero-order valence-corrected chi connectivity index (χ0v) is 14.0. The van der Waals surface area contributed by atoms with Gasteiger partial charge in [0.15, 0.2) is 0 Å². The maximum absolute atomic E-state index is 9.73. The minimum absolute atomic E-state index is 0.274. The van der Waals surface area contributed by atoms with E-state index < -0.39 is 0 Å². The van der Waals surface area contributed by atoms with Crippen molar-refractivity contribution in [2.24, 2.45) is 0 Å². The van der Waals surface area contributed by atoms with Crippen molar-refractivity contribution in [3.05, 3.63) is 23.3 Å². The summed E-state index contributed by atoms with van der Waals surface area (Å²) in [4.78, 5) is 38.9. The van der Waals surface area contributed by atoms with Gasteiger partial charge in [0, 0.05) is 12.8 Å². The summed E-state index contributed by atoms with van der Waals surface area (Å²) in [7, 11) is 0. The Bertz CT molecular complexity index is 363. The SMILES string of the molecule is C/C(=C/COC=O)CCOC=O.C/C(=C\COC=O)CCOC=O. The summed E-state index contributed by atoms with van der Waals surface area (Å²) in [6.45, 7) is 6.65. The van der Waals surface area contributed by atoms with Crippen molar-refractivity contribution in [2.75, 3.05) is 26.4 Å². The second-order valence-electron chi connectivity index (χ2n) is 4.39. The highest BCUT2D eigenvalue weighted by molar-refractivity contribution is 5.38. The van der Waals surface area contributed by atoms with E-state index in [1.54, 1.807) is 12.2 Å². The lowest BCUT2D eigenvalue weighted by Crippen LogP contribution is -1.94. The summed E-state index contributed by atoms with van der Waals surface area (Å²) in [6, 6.07) is 0. The van der Waals surface area contributed by atoms with Gasteiger partial charge in [0.05, 0.1) is 13.2 Å². The quantitative estimate of drug-likeness (QED) is 0.201. The van der Waals surface area contributed by atoms with Crippen molar-refractivity contribution in [2.45, 2.75) is 26.7 Å². The van der Waals surface area contributed by atoms with Crippen LogP contribution >= 0.6 is 0 Å². The first-order valence-corrected chi connectivity index (χ1v) is 7.14. The lowest BCUT2D eigenvalue weighted by Gasteiger charge is -1.99. The lowest BCUT2D eigenvalue weighted by molar-refractivity contribution is -0.129. The van der Waals surface area contributed by atoms with Gasteiger partial charge in [0.25, 0.3) is 25.9 Å². The fourth-order valence-electron chi connectivity index (χ4n) is 1.20. The number of hydrogen-bond acceptors (Lipinski definition) is 8. The number of carbonyl (C=O) groups is 4. The summed E-state index contributed by atoms with van der Waals surface area (Å²) in [5.41, 5.74) is 2.05. The van der Waals surface area contributed by atoms with Crippen molar-refractivity contribution >= 4 is 25.9 Å². The van der Waals surface area contributed by atoms with Gasteiger partial charge in [0.2, 0.25) is 0 Å². The summed E-state index contributed by atoms with van der Waals surface area (Å²) < 4.78 is 17.8. The van der Waals surface area contributed by atoms with E-state index in [4.69, 9.17) is 0 Å². The molecule has 8 heteroatoms. The highest BCUT2D eigenvalue weighted by Crippen LogP contribution is 1.99. The van der Waals surface area contributed by atoms with Crippen LogP contribution in [0.3, 0.4) is 0 Å². The molecule has 0 aromatic carbocycles. The van der Waals surface area contributed by atoms with Crippen LogP contribution in [0.25, 0.3) is 0 Å². The third-order valence-corrected chi connectivity index (χ3v) is 2.56. The molecular formula is C16H24O8. The van der Waals surface area contributed by atoms with Gasteiger partial charge in [-0.1, -0.05) is 11.1 Å². The molecule has 0 unspecified atom stereocenters. The van der Waals surface area contributed by atoms with Crippen molar-refractivity contribution < 1.29 is 38.1 Å². The van der Waals surface area contributed by atoms with Crippen LogP contribution in [0.1, 0.15) is 26.7 Å². The lowest BCUT2D eigenvalue weighted by atomic mass is 10.2. The third kappa shape index (κ3) is 21.7. The molecule has 0 fully saturated rings. The molecule has 0 amide bonds. The minimum Gasteiger partial charge on any atom is -0.468 e. The molecule has 0 saturated carbocycles. The van der Waals surface area contributed by atoms with Crippen LogP contribution in [0.4, 0.5) is 0 Å². The van der Waals surface area contributed by atoms with Gasteiger partial charge in [0.1, 0.15) is 13.2 Å². The average molecular weight is 344 g/mol. The number of hydrogen-bond donors (Lipinski definition) is 0. The first-order valence-electron chi connectivity index (χ1n) is 7.14. The highest BCUT2D eigenvalue weighted by atomic mass is 16.5. The Morgan fingerprint density at radius 2 is 0.958 bits per heavy atom. The maximum atomic E-state index is 9.73. The van der Waals surface area contributed by atoms with Gasteiger partial charge < -0.3 is 18.9 Å². The molecule has 0 heterocycles. The smallest absolute Gasteiger partial charge is 0.293 e. The Balaban J connectivity index is 0. The molecule has 0 bridgehead atoms. The minimum atomic E-state index is 0.274.